The van der Waals surface area contributed by atoms with E-state index < -0.39 is 35.5 Å². The average Bonchev–Trinajstić information content (AvgIpc) is 2.75. The molecule has 1 aliphatic rings. The molecule has 6 heteroatoms. The molecular weight excluding hydrogens is 292 g/mol. The first-order valence-corrected chi connectivity index (χ1v) is 7.07. The second-order valence-corrected chi connectivity index (χ2v) is 6.33. The van der Waals surface area contributed by atoms with Crippen LogP contribution in [0.2, 0.25) is 0 Å². The minimum absolute atomic E-state index is 0.0138. The molecule has 22 heavy (non-hydrogen) atoms. The third-order valence-electron chi connectivity index (χ3n) is 3.08. The highest BCUT2D eigenvalue weighted by Crippen LogP contribution is 2.29. The van der Waals surface area contributed by atoms with Crippen LogP contribution in [0.15, 0.2) is 36.0 Å². The van der Waals surface area contributed by atoms with Crippen molar-refractivity contribution in [2.75, 3.05) is 6.54 Å². The molecule has 0 aromatic carbocycles. The Kier molecular flexibility index (Phi) is 5.88. The molecule has 1 N–H and O–H groups in total. The Morgan fingerprint density at radius 3 is 2.45 bits per heavy atom. The van der Waals surface area contributed by atoms with Crippen LogP contribution in [0.1, 0.15) is 34.1 Å². The molecule has 0 bridgehead atoms. The van der Waals surface area contributed by atoms with E-state index in [-0.39, 0.29) is 18.5 Å². The van der Waals surface area contributed by atoms with Gasteiger partial charge in [-0.1, -0.05) is 6.58 Å². The molecule has 0 aliphatic carbocycles. The molecule has 0 saturated carbocycles. The Bertz CT molecular complexity index is 502. The number of likely N-dealkylation sites (tertiary alicyclic amines) is 1. The van der Waals surface area contributed by atoms with E-state index in [2.05, 4.69) is 6.58 Å². The van der Waals surface area contributed by atoms with Gasteiger partial charge in [-0.3, -0.25) is 4.90 Å². The Labute approximate surface area is 129 Å². The van der Waals surface area contributed by atoms with Crippen molar-refractivity contribution in [3.8, 4) is 0 Å². The number of β-amino-alcohol motifs (C(OH)–C–C–N with tert-alkyl or cyclic N) is 1. The summed E-state index contributed by atoms with van der Waals surface area (Å²) >= 11 is 0. The summed E-state index contributed by atoms with van der Waals surface area (Å²) in [6, 6.07) is -0.714. The number of ether oxygens (including phenoxy) is 1. The maximum atomic E-state index is 14.0. The van der Waals surface area contributed by atoms with Gasteiger partial charge in [-0.25, -0.2) is 13.6 Å². The molecule has 0 unspecified atom stereocenters. The van der Waals surface area contributed by atoms with E-state index in [0.29, 0.717) is 0 Å². The van der Waals surface area contributed by atoms with Gasteiger partial charge in [0.1, 0.15) is 11.4 Å². The van der Waals surface area contributed by atoms with Gasteiger partial charge in [-0.2, -0.15) is 0 Å². The summed E-state index contributed by atoms with van der Waals surface area (Å²) in [7, 11) is 0. The molecule has 1 aliphatic heterocycles. The van der Waals surface area contributed by atoms with Gasteiger partial charge >= 0.3 is 6.09 Å². The second kappa shape index (κ2) is 7.05. The highest BCUT2D eigenvalue weighted by atomic mass is 19.1. The third-order valence-corrected chi connectivity index (χ3v) is 3.08. The molecule has 0 aromatic heterocycles. The lowest BCUT2D eigenvalue weighted by Crippen LogP contribution is -2.40. The number of nitrogens with zero attached hydrogens (tertiary/aromatic N) is 1. The smallest absolute Gasteiger partial charge is 0.410 e. The van der Waals surface area contributed by atoms with Crippen molar-refractivity contribution < 1.29 is 23.4 Å². The minimum Gasteiger partial charge on any atom is -0.444 e. The van der Waals surface area contributed by atoms with Gasteiger partial charge in [0, 0.05) is 5.57 Å². The Balaban J connectivity index is 2.91. The molecule has 1 fully saturated rings. The number of carbonyl (C=O) groups excluding carboxylic acids is 1. The summed E-state index contributed by atoms with van der Waals surface area (Å²) in [5.74, 6) is -1.27. The van der Waals surface area contributed by atoms with Gasteiger partial charge in [-0.15, -0.1) is 0 Å². The fraction of sp³-hybridized carbons (Fsp3) is 0.562. The van der Waals surface area contributed by atoms with E-state index >= 15 is 0 Å². The zero-order valence-corrected chi connectivity index (χ0v) is 13.4. The third kappa shape index (κ3) is 5.26. The number of aliphatic hydroxyl groups excluding tert-OH is 1. The number of aliphatic hydroxyl groups is 1. The van der Waals surface area contributed by atoms with E-state index in [9.17, 15) is 18.7 Å². The molecule has 4 nitrogen and oxygen atoms in total. The van der Waals surface area contributed by atoms with Gasteiger partial charge in [0.15, 0.2) is 0 Å². The summed E-state index contributed by atoms with van der Waals surface area (Å²) in [5, 5.41) is 9.76. The average molecular weight is 315 g/mol. The summed E-state index contributed by atoms with van der Waals surface area (Å²) < 4.78 is 31.9. The molecule has 2 atom stereocenters. The van der Waals surface area contributed by atoms with E-state index in [4.69, 9.17) is 4.74 Å². The Morgan fingerprint density at radius 2 is 1.95 bits per heavy atom. The van der Waals surface area contributed by atoms with E-state index in [1.165, 1.54) is 11.8 Å². The van der Waals surface area contributed by atoms with Crippen LogP contribution in [-0.4, -0.2) is 40.4 Å². The fourth-order valence-electron chi connectivity index (χ4n) is 2.12. The fourth-order valence-corrected chi connectivity index (χ4v) is 2.12. The number of carbonyl (C=O) groups is 1. The Morgan fingerprint density at radius 1 is 1.36 bits per heavy atom. The van der Waals surface area contributed by atoms with Crippen LogP contribution in [0.3, 0.4) is 0 Å². The van der Waals surface area contributed by atoms with Gasteiger partial charge in [0.25, 0.3) is 0 Å². The van der Waals surface area contributed by atoms with Crippen LogP contribution >= 0.6 is 0 Å². The SMILES string of the molecule is C=C(/C(F)=C\C=C(/C)F)[C@H]1C[C@@H](O)CN1C(=O)OC(C)(C)C. The maximum absolute atomic E-state index is 14.0. The predicted octanol–water partition coefficient (Wildman–Crippen LogP) is 3.64. The lowest BCUT2D eigenvalue weighted by molar-refractivity contribution is 0.0229. The number of amides is 1. The molecule has 1 rings (SSSR count). The van der Waals surface area contributed by atoms with E-state index in [1.807, 2.05) is 0 Å². The minimum atomic E-state index is -0.777. The number of hydrogen-bond acceptors (Lipinski definition) is 3. The summed E-state index contributed by atoms with van der Waals surface area (Å²) in [6.45, 7) is 10.0. The first kappa shape index (κ1) is 18.4. The number of hydrogen-bond donors (Lipinski definition) is 1. The van der Waals surface area contributed by atoms with Gasteiger partial charge in [0.05, 0.1) is 24.5 Å². The van der Waals surface area contributed by atoms with Crippen molar-refractivity contribution in [1.82, 2.24) is 4.90 Å². The molecular formula is C16H23F2NO3. The van der Waals surface area contributed by atoms with Gasteiger partial charge in [-0.05, 0) is 46.3 Å². The highest BCUT2D eigenvalue weighted by Gasteiger charge is 2.39. The number of rotatable bonds is 3. The van der Waals surface area contributed by atoms with Gasteiger partial charge in [0.2, 0.25) is 0 Å². The van der Waals surface area contributed by atoms with Crippen molar-refractivity contribution in [2.45, 2.75) is 51.9 Å². The largest absolute Gasteiger partial charge is 0.444 e. The van der Waals surface area contributed by atoms with Crippen LogP contribution in [0.5, 0.6) is 0 Å². The summed E-state index contributed by atoms with van der Waals surface area (Å²) in [4.78, 5) is 13.4. The molecule has 124 valence electrons. The second-order valence-electron chi connectivity index (χ2n) is 6.33. The topological polar surface area (TPSA) is 49.8 Å². The van der Waals surface area contributed by atoms with Crippen molar-refractivity contribution in [1.29, 1.82) is 0 Å². The van der Waals surface area contributed by atoms with E-state index in [1.54, 1.807) is 20.8 Å². The van der Waals surface area contributed by atoms with E-state index in [0.717, 1.165) is 12.2 Å². The standard InChI is InChI=1S/C16H23F2NO3/c1-10(17)6-7-13(18)11(2)14-8-12(20)9-19(14)15(21)22-16(3,4)5/h6-7,12,14,20H,2,8-9H2,1,3-5H3/b10-6+,13-7+/t12-,14-/m1/s1. The lowest BCUT2D eigenvalue weighted by atomic mass is 10.0. The zero-order valence-electron chi connectivity index (χ0n) is 13.4. The molecule has 1 saturated heterocycles. The first-order chi connectivity index (χ1) is 10.0. The zero-order chi connectivity index (χ0) is 17.1. The Hall–Kier alpha value is -1.69. The van der Waals surface area contributed by atoms with Crippen molar-refractivity contribution in [2.24, 2.45) is 0 Å². The normalized spacial score (nSPS) is 23.7. The summed E-state index contributed by atoms with van der Waals surface area (Å²) in [6.07, 6.45) is 0.678. The van der Waals surface area contributed by atoms with Crippen LogP contribution in [0, 0.1) is 0 Å². The van der Waals surface area contributed by atoms with Crippen LogP contribution in [-0.2, 0) is 4.74 Å². The van der Waals surface area contributed by atoms with Crippen LogP contribution in [0.25, 0.3) is 0 Å². The summed E-state index contributed by atoms with van der Waals surface area (Å²) in [5.41, 5.74) is -0.682. The molecule has 0 radical (unpaired) electrons. The molecule has 0 aromatic rings. The monoisotopic (exact) mass is 315 g/mol. The van der Waals surface area contributed by atoms with Crippen LogP contribution in [0.4, 0.5) is 13.6 Å². The van der Waals surface area contributed by atoms with Crippen LogP contribution < -0.4 is 0 Å². The van der Waals surface area contributed by atoms with Gasteiger partial charge < -0.3 is 9.84 Å². The highest BCUT2D eigenvalue weighted by molar-refractivity contribution is 5.70. The maximum Gasteiger partial charge on any atom is 0.410 e. The molecule has 1 amide bonds. The molecule has 1 heterocycles. The predicted molar refractivity (Wildman–Crippen MR) is 80.5 cm³/mol. The van der Waals surface area contributed by atoms with Crippen molar-refractivity contribution in [3.05, 3.63) is 36.0 Å². The van der Waals surface area contributed by atoms with Crippen molar-refractivity contribution in [3.63, 3.8) is 0 Å². The quantitative estimate of drug-likeness (QED) is 0.809. The lowest BCUT2D eigenvalue weighted by Gasteiger charge is -2.29. The molecule has 0 spiro atoms. The number of halogens is 2. The number of allylic oxidation sites excluding steroid dienone is 3. The van der Waals surface area contributed by atoms with Crippen molar-refractivity contribution >= 4 is 6.09 Å². The first-order valence-electron chi connectivity index (χ1n) is 7.07.